The zero-order valence-electron chi connectivity index (χ0n) is 13.7. The second kappa shape index (κ2) is 10.2. The third-order valence-corrected chi connectivity index (χ3v) is 4.16. The molecular weight excluding hydrogens is 250 g/mol. The second-order valence-electron chi connectivity index (χ2n) is 5.56. The molecule has 0 aromatic heterocycles. The monoisotopic (exact) mass is 283 g/mol. The highest BCUT2D eigenvalue weighted by Crippen LogP contribution is 2.27. The van der Waals surface area contributed by atoms with Gasteiger partial charge in [-0.05, 0) is 52.1 Å². The van der Waals surface area contributed by atoms with Gasteiger partial charge in [-0.1, -0.05) is 25.9 Å². The van der Waals surface area contributed by atoms with E-state index in [1.165, 1.54) is 25.0 Å². The Morgan fingerprint density at radius 3 is 2.65 bits per heavy atom. The average Bonchev–Trinajstić information content (AvgIpc) is 2.47. The van der Waals surface area contributed by atoms with Crippen molar-refractivity contribution in [3.63, 3.8) is 0 Å². The lowest BCUT2D eigenvalue weighted by Gasteiger charge is -2.35. The van der Waals surface area contributed by atoms with Crippen molar-refractivity contribution in [3.8, 4) is 0 Å². The maximum atomic E-state index is 5.34. The molecule has 1 fully saturated rings. The summed E-state index contributed by atoms with van der Waals surface area (Å²) in [6.07, 6.45) is 5.90. The molecule has 0 radical (unpaired) electrons. The van der Waals surface area contributed by atoms with E-state index < -0.39 is 0 Å². The van der Waals surface area contributed by atoms with Crippen LogP contribution in [0, 0.1) is 5.92 Å². The highest BCUT2D eigenvalue weighted by Gasteiger charge is 2.31. The molecule has 0 spiro atoms. The molecule has 118 valence electrons. The second-order valence-corrected chi connectivity index (χ2v) is 5.56. The zero-order valence-corrected chi connectivity index (χ0v) is 13.7. The molecule has 0 heterocycles. The van der Waals surface area contributed by atoms with Crippen molar-refractivity contribution in [2.24, 2.45) is 11.1 Å². The maximum Gasteiger partial charge on any atom is 0.114 e. The standard InChI is InChI=1S/C16H33N3O/c1-5-13(17-6-2)12-14-15(18-7-3)10-9-11-16(14)19-20-8-4/h13-15,17-18H,5-12H2,1-4H3. The predicted molar refractivity (Wildman–Crippen MR) is 86.2 cm³/mol. The Morgan fingerprint density at radius 1 is 1.25 bits per heavy atom. The van der Waals surface area contributed by atoms with Gasteiger partial charge in [0, 0.05) is 18.0 Å². The molecule has 1 saturated carbocycles. The minimum absolute atomic E-state index is 0.513. The first-order valence-corrected chi connectivity index (χ1v) is 8.42. The molecule has 0 amide bonds. The Bertz CT molecular complexity index is 279. The molecule has 0 saturated heterocycles. The molecule has 0 aliphatic heterocycles. The van der Waals surface area contributed by atoms with Gasteiger partial charge in [-0.2, -0.15) is 0 Å². The number of hydrogen-bond acceptors (Lipinski definition) is 4. The molecule has 3 unspecified atom stereocenters. The summed E-state index contributed by atoms with van der Waals surface area (Å²) in [5.41, 5.74) is 1.26. The van der Waals surface area contributed by atoms with E-state index in [0.29, 0.717) is 24.6 Å². The SMILES string of the molecule is CCNC(CC)CC1C(=NOCC)CCCC1NCC. The first-order valence-electron chi connectivity index (χ1n) is 8.42. The first kappa shape index (κ1) is 17.4. The Morgan fingerprint density at radius 2 is 2.05 bits per heavy atom. The molecule has 1 aliphatic rings. The van der Waals surface area contributed by atoms with Crippen molar-refractivity contribution in [1.29, 1.82) is 0 Å². The Hall–Kier alpha value is -0.610. The van der Waals surface area contributed by atoms with E-state index in [2.05, 4.69) is 36.6 Å². The van der Waals surface area contributed by atoms with Crippen molar-refractivity contribution in [2.75, 3.05) is 19.7 Å². The first-order chi connectivity index (χ1) is 9.76. The average molecular weight is 283 g/mol. The van der Waals surface area contributed by atoms with Gasteiger partial charge in [0.25, 0.3) is 0 Å². The fourth-order valence-electron chi connectivity index (χ4n) is 3.18. The summed E-state index contributed by atoms with van der Waals surface area (Å²) < 4.78 is 0. The van der Waals surface area contributed by atoms with Gasteiger partial charge in [0.2, 0.25) is 0 Å². The van der Waals surface area contributed by atoms with Crippen LogP contribution in [0.4, 0.5) is 0 Å². The number of nitrogens with zero attached hydrogens (tertiary/aromatic N) is 1. The molecule has 4 nitrogen and oxygen atoms in total. The highest BCUT2D eigenvalue weighted by molar-refractivity contribution is 5.87. The fourth-order valence-corrected chi connectivity index (χ4v) is 3.18. The third-order valence-electron chi connectivity index (χ3n) is 4.16. The van der Waals surface area contributed by atoms with Gasteiger partial charge >= 0.3 is 0 Å². The quantitative estimate of drug-likeness (QED) is 0.640. The number of oxime groups is 1. The van der Waals surface area contributed by atoms with E-state index in [0.717, 1.165) is 25.9 Å². The third kappa shape index (κ3) is 5.41. The van der Waals surface area contributed by atoms with Crippen LogP contribution in [-0.2, 0) is 4.84 Å². The summed E-state index contributed by atoms with van der Waals surface area (Å²) in [6.45, 7) is 11.4. The minimum Gasteiger partial charge on any atom is -0.396 e. The van der Waals surface area contributed by atoms with Crippen LogP contribution in [0.2, 0.25) is 0 Å². The van der Waals surface area contributed by atoms with E-state index in [1.807, 2.05) is 6.92 Å². The molecule has 1 aliphatic carbocycles. The predicted octanol–water partition coefficient (Wildman–Crippen LogP) is 2.94. The summed E-state index contributed by atoms with van der Waals surface area (Å²) in [6, 6.07) is 1.14. The van der Waals surface area contributed by atoms with E-state index in [4.69, 9.17) is 4.84 Å². The number of rotatable bonds is 9. The largest absolute Gasteiger partial charge is 0.396 e. The molecule has 0 aromatic carbocycles. The molecule has 2 N–H and O–H groups in total. The molecule has 4 heteroatoms. The summed E-state index contributed by atoms with van der Waals surface area (Å²) in [5.74, 6) is 0.513. The fraction of sp³-hybridized carbons (Fsp3) is 0.938. The van der Waals surface area contributed by atoms with Crippen LogP contribution in [0.15, 0.2) is 5.16 Å². The van der Waals surface area contributed by atoms with Crippen molar-refractivity contribution in [3.05, 3.63) is 0 Å². The van der Waals surface area contributed by atoms with Gasteiger partial charge in [0.15, 0.2) is 0 Å². The van der Waals surface area contributed by atoms with Crippen LogP contribution in [-0.4, -0.2) is 37.5 Å². The maximum absolute atomic E-state index is 5.34. The Kier molecular flexibility index (Phi) is 8.86. The summed E-state index contributed by atoms with van der Waals surface area (Å²) in [5, 5.41) is 11.7. The van der Waals surface area contributed by atoms with Gasteiger partial charge in [0.1, 0.15) is 6.61 Å². The van der Waals surface area contributed by atoms with Crippen LogP contribution in [0.3, 0.4) is 0 Å². The molecule has 0 bridgehead atoms. The summed E-state index contributed by atoms with van der Waals surface area (Å²) in [4.78, 5) is 5.34. The molecular formula is C16H33N3O. The van der Waals surface area contributed by atoms with Crippen molar-refractivity contribution in [1.82, 2.24) is 10.6 Å². The Balaban J connectivity index is 2.76. The lowest BCUT2D eigenvalue weighted by molar-refractivity contribution is 0.153. The topological polar surface area (TPSA) is 45.7 Å². The molecule has 0 aromatic rings. The summed E-state index contributed by atoms with van der Waals surface area (Å²) in [7, 11) is 0. The van der Waals surface area contributed by atoms with E-state index in [1.54, 1.807) is 0 Å². The van der Waals surface area contributed by atoms with Crippen LogP contribution >= 0.6 is 0 Å². The molecule has 20 heavy (non-hydrogen) atoms. The van der Waals surface area contributed by atoms with Crippen LogP contribution in [0.25, 0.3) is 0 Å². The zero-order chi connectivity index (χ0) is 14.8. The van der Waals surface area contributed by atoms with Gasteiger partial charge in [-0.3, -0.25) is 0 Å². The van der Waals surface area contributed by atoms with Gasteiger partial charge in [-0.25, -0.2) is 0 Å². The smallest absolute Gasteiger partial charge is 0.114 e. The Labute approximate surface area is 124 Å². The van der Waals surface area contributed by atoms with Crippen molar-refractivity contribution in [2.45, 2.75) is 71.9 Å². The van der Waals surface area contributed by atoms with Crippen molar-refractivity contribution < 1.29 is 4.84 Å². The van der Waals surface area contributed by atoms with Gasteiger partial charge in [-0.15, -0.1) is 0 Å². The van der Waals surface area contributed by atoms with E-state index in [-0.39, 0.29) is 0 Å². The summed E-state index contributed by atoms with van der Waals surface area (Å²) >= 11 is 0. The van der Waals surface area contributed by atoms with E-state index in [9.17, 15) is 0 Å². The number of hydrogen-bond donors (Lipinski definition) is 2. The number of nitrogens with one attached hydrogen (secondary N) is 2. The lowest BCUT2D eigenvalue weighted by Crippen LogP contribution is -2.46. The molecule has 3 atom stereocenters. The van der Waals surface area contributed by atoms with Crippen LogP contribution < -0.4 is 10.6 Å². The van der Waals surface area contributed by atoms with Crippen molar-refractivity contribution >= 4 is 5.71 Å². The normalized spacial score (nSPS) is 26.7. The molecule has 1 rings (SSSR count). The lowest BCUT2D eigenvalue weighted by atomic mass is 9.78. The minimum atomic E-state index is 0.513. The highest BCUT2D eigenvalue weighted by atomic mass is 16.6. The van der Waals surface area contributed by atoms with Crippen LogP contribution in [0.5, 0.6) is 0 Å². The van der Waals surface area contributed by atoms with Gasteiger partial charge in [0.05, 0.1) is 5.71 Å². The van der Waals surface area contributed by atoms with E-state index >= 15 is 0 Å². The van der Waals surface area contributed by atoms with Crippen LogP contribution in [0.1, 0.15) is 59.8 Å². The van der Waals surface area contributed by atoms with Gasteiger partial charge < -0.3 is 15.5 Å².